The molecular formula is C15H22BrNO2. The van der Waals surface area contributed by atoms with Crippen LogP contribution in [0.3, 0.4) is 0 Å². The van der Waals surface area contributed by atoms with E-state index >= 15 is 0 Å². The molecule has 0 aliphatic carbocycles. The van der Waals surface area contributed by atoms with Crippen LogP contribution in [-0.4, -0.2) is 34.3 Å². The first-order valence-electron chi connectivity index (χ1n) is 6.57. The molecule has 1 aliphatic heterocycles. The summed E-state index contributed by atoms with van der Waals surface area (Å²) in [6.45, 7) is 10.9. The first kappa shape index (κ1) is 14.8. The molecule has 4 heteroatoms. The van der Waals surface area contributed by atoms with Gasteiger partial charge in [0, 0.05) is 25.2 Å². The van der Waals surface area contributed by atoms with E-state index < -0.39 is 0 Å². The molecule has 1 saturated heterocycles. The highest BCUT2D eigenvalue weighted by Gasteiger charge is 2.38. The van der Waals surface area contributed by atoms with Gasteiger partial charge in [0.05, 0.1) is 15.7 Å². The minimum Gasteiger partial charge on any atom is -0.506 e. The lowest BCUT2D eigenvalue weighted by molar-refractivity contribution is -0.182. The van der Waals surface area contributed by atoms with E-state index in [1.807, 2.05) is 18.2 Å². The number of hydrogen-bond acceptors (Lipinski definition) is 3. The Bertz CT molecular complexity index is 455. The van der Waals surface area contributed by atoms with Crippen molar-refractivity contribution in [1.82, 2.24) is 4.90 Å². The van der Waals surface area contributed by atoms with Crippen LogP contribution in [0.4, 0.5) is 0 Å². The van der Waals surface area contributed by atoms with Crippen LogP contribution in [0.15, 0.2) is 22.7 Å². The van der Waals surface area contributed by atoms with Crippen molar-refractivity contribution in [3.63, 3.8) is 0 Å². The number of rotatable bonds is 2. The van der Waals surface area contributed by atoms with Crippen LogP contribution in [0.2, 0.25) is 0 Å². The second-order valence-electron chi connectivity index (χ2n) is 6.51. The van der Waals surface area contributed by atoms with Crippen molar-refractivity contribution in [2.75, 3.05) is 13.1 Å². The van der Waals surface area contributed by atoms with Gasteiger partial charge in [0.1, 0.15) is 5.75 Å². The predicted molar refractivity (Wildman–Crippen MR) is 80.3 cm³/mol. The van der Waals surface area contributed by atoms with E-state index in [2.05, 4.69) is 48.5 Å². The Hall–Kier alpha value is -0.580. The Balaban J connectivity index is 2.16. The van der Waals surface area contributed by atoms with Crippen LogP contribution in [0.25, 0.3) is 0 Å². The molecule has 1 N–H and O–H groups in total. The maximum Gasteiger partial charge on any atom is 0.134 e. The van der Waals surface area contributed by atoms with Crippen molar-refractivity contribution in [2.24, 2.45) is 0 Å². The quantitative estimate of drug-likeness (QED) is 0.901. The minimum absolute atomic E-state index is 0.163. The number of para-hydroxylation sites is 1. The SMILES string of the molecule is CC1(C)CN(Cc2cccc(Br)c2O)CC(C)(C)O1. The Morgan fingerprint density at radius 2 is 1.79 bits per heavy atom. The van der Waals surface area contributed by atoms with Crippen molar-refractivity contribution in [3.05, 3.63) is 28.2 Å². The van der Waals surface area contributed by atoms with E-state index in [9.17, 15) is 5.11 Å². The van der Waals surface area contributed by atoms with Gasteiger partial charge in [-0.05, 0) is 49.7 Å². The zero-order valence-electron chi connectivity index (χ0n) is 12.0. The molecule has 106 valence electrons. The molecule has 0 saturated carbocycles. The van der Waals surface area contributed by atoms with Gasteiger partial charge >= 0.3 is 0 Å². The van der Waals surface area contributed by atoms with Gasteiger partial charge in [-0.3, -0.25) is 4.90 Å². The van der Waals surface area contributed by atoms with E-state index in [1.54, 1.807) is 0 Å². The molecule has 0 bridgehead atoms. The molecule has 0 atom stereocenters. The van der Waals surface area contributed by atoms with Gasteiger partial charge in [-0.1, -0.05) is 12.1 Å². The fraction of sp³-hybridized carbons (Fsp3) is 0.600. The highest BCUT2D eigenvalue weighted by molar-refractivity contribution is 9.10. The summed E-state index contributed by atoms with van der Waals surface area (Å²) >= 11 is 3.36. The highest BCUT2D eigenvalue weighted by Crippen LogP contribution is 2.32. The maximum absolute atomic E-state index is 10.1. The van der Waals surface area contributed by atoms with Crippen molar-refractivity contribution in [3.8, 4) is 5.75 Å². The second-order valence-corrected chi connectivity index (χ2v) is 7.37. The Morgan fingerprint density at radius 3 is 2.37 bits per heavy atom. The third kappa shape index (κ3) is 3.71. The molecule has 1 aromatic carbocycles. The Morgan fingerprint density at radius 1 is 1.21 bits per heavy atom. The first-order chi connectivity index (χ1) is 8.69. The summed E-state index contributed by atoms with van der Waals surface area (Å²) < 4.78 is 6.82. The standard InChI is InChI=1S/C15H22BrNO2/c1-14(2)9-17(10-15(3,4)19-14)8-11-6-5-7-12(16)13(11)18/h5-7,18H,8-10H2,1-4H3. The molecule has 0 amide bonds. The predicted octanol–water partition coefficient (Wildman–Crippen LogP) is 3.54. The molecule has 0 unspecified atom stereocenters. The van der Waals surface area contributed by atoms with E-state index in [0.717, 1.165) is 29.7 Å². The third-order valence-electron chi connectivity index (χ3n) is 3.23. The molecule has 19 heavy (non-hydrogen) atoms. The van der Waals surface area contributed by atoms with Gasteiger partial charge < -0.3 is 9.84 Å². The number of morpholine rings is 1. The summed E-state index contributed by atoms with van der Waals surface area (Å²) in [6.07, 6.45) is 0. The zero-order valence-corrected chi connectivity index (χ0v) is 13.6. The number of nitrogens with zero attached hydrogens (tertiary/aromatic N) is 1. The summed E-state index contributed by atoms with van der Waals surface area (Å²) in [4.78, 5) is 2.34. The number of halogens is 1. The number of hydrogen-bond donors (Lipinski definition) is 1. The van der Waals surface area contributed by atoms with Crippen molar-refractivity contribution in [2.45, 2.75) is 45.4 Å². The Labute approximate surface area is 123 Å². The van der Waals surface area contributed by atoms with E-state index in [1.165, 1.54) is 0 Å². The average molecular weight is 328 g/mol. The average Bonchev–Trinajstić information content (AvgIpc) is 2.20. The van der Waals surface area contributed by atoms with E-state index in [-0.39, 0.29) is 11.2 Å². The maximum atomic E-state index is 10.1. The number of benzene rings is 1. The van der Waals surface area contributed by atoms with Crippen molar-refractivity contribution >= 4 is 15.9 Å². The molecular weight excluding hydrogens is 306 g/mol. The fourth-order valence-electron chi connectivity index (χ4n) is 2.99. The van der Waals surface area contributed by atoms with Gasteiger partial charge in [-0.15, -0.1) is 0 Å². The number of ether oxygens (including phenoxy) is 1. The van der Waals surface area contributed by atoms with Gasteiger partial charge in [-0.2, -0.15) is 0 Å². The molecule has 1 heterocycles. The lowest BCUT2D eigenvalue weighted by Crippen LogP contribution is -2.56. The van der Waals surface area contributed by atoms with Crippen LogP contribution >= 0.6 is 15.9 Å². The van der Waals surface area contributed by atoms with Crippen LogP contribution in [0.5, 0.6) is 5.75 Å². The van der Waals surface area contributed by atoms with Crippen LogP contribution in [-0.2, 0) is 11.3 Å². The largest absolute Gasteiger partial charge is 0.506 e. The summed E-state index contributed by atoms with van der Waals surface area (Å²) in [7, 11) is 0. The smallest absolute Gasteiger partial charge is 0.134 e. The lowest BCUT2D eigenvalue weighted by atomic mass is 9.98. The van der Waals surface area contributed by atoms with Gasteiger partial charge in [-0.25, -0.2) is 0 Å². The molecule has 2 rings (SSSR count). The third-order valence-corrected chi connectivity index (χ3v) is 3.87. The van der Waals surface area contributed by atoms with Crippen LogP contribution in [0.1, 0.15) is 33.3 Å². The summed E-state index contributed by atoms with van der Waals surface area (Å²) in [5.74, 6) is 0.338. The summed E-state index contributed by atoms with van der Waals surface area (Å²) in [5.41, 5.74) is 0.620. The molecule has 1 fully saturated rings. The second kappa shape index (κ2) is 5.08. The van der Waals surface area contributed by atoms with Crippen LogP contribution in [0, 0.1) is 0 Å². The first-order valence-corrected chi connectivity index (χ1v) is 7.37. The molecule has 1 aliphatic rings. The minimum atomic E-state index is -0.163. The zero-order chi connectivity index (χ0) is 14.3. The summed E-state index contributed by atoms with van der Waals surface area (Å²) in [5, 5.41) is 10.1. The molecule has 0 aromatic heterocycles. The Kier molecular flexibility index (Phi) is 3.96. The van der Waals surface area contributed by atoms with Gasteiger partial charge in [0.25, 0.3) is 0 Å². The van der Waals surface area contributed by atoms with Gasteiger partial charge in [0.2, 0.25) is 0 Å². The van der Waals surface area contributed by atoms with Crippen molar-refractivity contribution < 1.29 is 9.84 Å². The monoisotopic (exact) mass is 327 g/mol. The highest BCUT2D eigenvalue weighted by atomic mass is 79.9. The number of phenolic OH excluding ortho intramolecular Hbond substituents is 1. The number of aromatic hydroxyl groups is 1. The van der Waals surface area contributed by atoms with Crippen LogP contribution < -0.4 is 0 Å². The van der Waals surface area contributed by atoms with E-state index in [0.29, 0.717) is 5.75 Å². The number of phenols is 1. The topological polar surface area (TPSA) is 32.7 Å². The molecule has 0 spiro atoms. The van der Waals surface area contributed by atoms with Gasteiger partial charge in [0.15, 0.2) is 0 Å². The van der Waals surface area contributed by atoms with E-state index in [4.69, 9.17) is 4.74 Å². The fourth-order valence-corrected chi connectivity index (χ4v) is 3.39. The molecule has 1 aromatic rings. The van der Waals surface area contributed by atoms with Crippen molar-refractivity contribution in [1.29, 1.82) is 0 Å². The normalized spacial score (nSPS) is 22.4. The lowest BCUT2D eigenvalue weighted by Gasteiger charge is -2.47. The molecule has 3 nitrogen and oxygen atoms in total. The molecule has 0 radical (unpaired) electrons. The summed E-state index contributed by atoms with van der Waals surface area (Å²) in [6, 6.07) is 5.78.